The van der Waals surface area contributed by atoms with Crippen molar-refractivity contribution < 1.29 is 16.5 Å². The summed E-state index contributed by atoms with van der Waals surface area (Å²) in [7, 11) is 0.770. The van der Waals surface area contributed by atoms with Crippen LogP contribution >= 0.6 is 15.8 Å². The van der Waals surface area contributed by atoms with Gasteiger partial charge in [0.15, 0.2) is 0 Å². The zero-order valence-corrected chi connectivity index (χ0v) is 38.9. The van der Waals surface area contributed by atoms with Crippen molar-refractivity contribution in [1.82, 2.24) is 0 Å². The van der Waals surface area contributed by atoms with Crippen molar-refractivity contribution in [3.8, 4) is 0 Å². The Balaban J connectivity index is 0.000000175. The van der Waals surface area contributed by atoms with Crippen LogP contribution in [0.25, 0.3) is 0 Å². The van der Waals surface area contributed by atoms with Gasteiger partial charge in [-0.2, -0.15) is 0 Å². The Bertz CT molecular complexity index is 791. The first kappa shape index (κ1) is 48.0. The monoisotopic (exact) mass is 835 g/mol. The van der Waals surface area contributed by atoms with Gasteiger partial charge in [0, 0.05) is 16.5 Å². The second-order valence-corrected chi connectivity index (χ2v) is 25.0. The molecule has 0 unspecified atom stereocenters. The van der Waals surface area contributed by atoms with E-state index in [0.29, 0.717) is 15.8 Å². The molecule has 0 nitrogen and oxygen atoms in total. The van der Waals surface area contributed by atoms with E-state index in [1.165, 1.54) is 124 Å². The Morgan fingerprint density at radius 2 is 0.327 bits per heavy atom. The quantitative estimate of drug-likeness (QED) is 0.142. The van der Waals surface area contributed by atoms with Crippen molar-refractivity contribution in [3.63, 3.8) is 0 Å². The molecule has 3 heteroatoms. The topological polar surface area (TPSA) is 0 Å². The first-order chi connectivity index (χ1) is 26.9. The summed E-state index contributed by atoms with van der Waals surface area (Å²) < 4.78 is 0. The molecule has 55 heavy (non-hydrogen) atoms. The van der Waals surface area contributed by atoms with Crippen LogP contribution in [0.15, 0.2) is 48.6 Å². The molecule has 0 heterocycles. The number of hydrogen-bond acceptors (Lipinski definition) is 0. The zero-order chi connectivity index (χ0) is 37.1. The molecule has 0 aliphatic heterocycles. The molecule has 0 amide bonds. The third kappa shape index (κ3) is 19.1. The third-order valence-corrected chi connectivity index (χ3v) is 22.8. The molecule has 8 rings (SSSR count). The van der Waals surface area contributed by atoms with E-state index in [2.05, 4.69) is 48.6 Å². The molecule has 0 radical (unpaired) electrons. The van der Waals surface area contributed by atoms with Crippen LogP contribution in [0.4, 0.5) is 0 Å². The minimum atomic E-state index is 0. The van der Waals surface area contributed by atoms with Crippen molar-refractivity contribution in [2.24, 2.45) is 0 Å². The standard InChI is InChI=1S/2C18H33P.2C8H12.Ni/c2*1-4-10-16(11-5-1)19(17-12-6-2-7-13-17)18-14-8-3-9-15-18;2*1-2-4-6-8-7-5-3-1;/h2*16-18H,1-15H2;2*1-2,7-8H,3-6H2;/b;;2*2-1-,8-7-;. The maximum absolute atomic E-state index is 2.27. The summed E-state index contributed by atoms with van der Waals surface area (Å²) >= 11 is 0. The number of allylic oxidation sites excluding steroid dienone is 8. The first-order valence-electron chi connectivity index (χ1n) is 25.0. The molecule has 8 aliphatic carbocycles. The number of rotatable bonds is 6. The van der Waals surface area contributed by atoms with Crippen molar-refractivity contribution in [3.05, 3.63) is 48.6 Å². The van der Waals surface area contributed by atoms with Gasteiger partial charge in [-0.1, -0.05) is 180 Å². The molecular formula is C52H90NiP2. The Morgan fingerprint density at radius 1 is 0.200 bits per heavy atom. The van der Waals surface area contributed by atoms with E-state index < -0.39 is 0 Å². The van der Waals surface area contributed by atoms with Crippen LogP contribution < -0.4 is 0 Å². The van der Waals surface area contributed by atoms with Gasteiger partial charge in [0.1, 0.15) is 0 Å². The van der Waals surface area contributed by atoms with Crippen molar-refractivity contribution in [1.29, 1.82) is 0 Å². The predicted octanol–water partition coefficient (Wildman–Crippen LogP) is 18.3. The molecule has 318 valence electrons. The fourth-order valence-corrected chi connectivity index (χ4v) is 21.1. The van der Waals surface area contributed by atoms with Gasteiger partial charge in [0.25, 0.3) is 0 Å². The van der Waals surface area contributed by atoms with E-state index in [1.54, 1.807) is 154 Å². The van der Waals surface area contributed by atoms with E-state index in [0.717, 1.165) is 0 Å². The SMILES string of the molecule is C1=C\CC/C=C\CC/1.C1=C\CC/C=C\CC/1.C1CCC(P(C2CCCCC2)C2CCCCC2)CC1.C1CCC(P(C2CCCCC2)C2CCCCC2)CC1.[Ni]. The normalized spacial score (nSPS) is 28.1. The maximum atomic E-state index is 2.27. The van der Waals surface area contributed by atoms with Crippen LogP contribution in [-0.4, -0.2) is 34.0 Å². The van der Waals surface area contributed by atoms with E-state index in [1.807, 2.05) is 0 Å². The molecule has 6 fully saturated rings. The van der Waals surface area contributed by atoms with Crippen LogP contribution in [0.1, 0.15) is 244 Å². The van der Waals surface area contributed by atoms with E-state index in [9.17, 15) is 0 Å². The Kier molecular flexibility index (Phi) is 27.2. The van der Waals surface area contributed by atoms with Crippen LogP contribution in [-0.2, 0) is 16.5 Å². The molecule has 8 aliphatic rings. The van der Waals surface area contributed by atoms with Crippen molar-refractivity contribution >= 4 is 15.8 Å². The fraction of sp³-hybridized carbons (Fsp3) is 0.846. The third-order valence-electron chi connectivity index (χ3n) is 14.6. The Labute approximate surface area is 357 Å². The van der Waals surface area contributed by atoms with Gasteiger partial charge in [0.2, 0.25) is 0 Å². The molecule has 0 atom stereocenters. The largest absolute Gasteiger partial charge is 0.0971 e. The average molecular weight is 836 g/mol. The Hall–Kier alpha value is 0.314. The summed E-state index contributed by atoms with van der Waals surface area (Å²) in [5.74, 6) is 0. The van der Waals surface area contributed by atoms with Gasteiger partial charge < -0.3 is 0 Å². The summed E-state index contributed by atoms with van der Waals surface area (Å²) in [6.45, 7) is 0. The molecule has 0 spiro atoms. The second kappa shape index (κ2) is 31.2. The summed E-state index contributed by atoms with van der Waals surface area (Å²) in [5, 5.41) is 0. The molecule has 0 aromatic carbocycles. The van der Waals surface area contributed by atoms with Gasteiger partial charge in [-0.05, 0) is 162 Å². The Morgan fingerprint density at radius 3 is 0.455 bits per heavy atom. The van der Waals surface area contributed by atoms with E-state index in [-0.39, 0.29) is 16.5 Å². The second-order valence-electron chi connectivity index (χ2n) is 18.8. The molecule has 0 aromatic rings. The molecular weight excluding hydrogens is 745 g/mol. The van der Waals surface area contributed by atoms with Crippen LogP contribution in [0.5, 0.6) is 0 Å². The van der Waals surface area contributed by atoms with Crippen LogP contribution in [0.3, 0.4) is 0 Å². The zero-order valence-electron chi connectivity index (χ0n) is 36.2. The van der Waals surface area contributed by atoms with Crippen LogP contribution in [0.2, 0.25) is 0 Å². The summed E-state index contributed by atoms with van der Waals surface area (Å²) in [5.41, 5.74) is 7.14. The molecule has 0 saturated heterocycles. The average Bonchev–Trinajstić information content (AvgIpc) is 3.21. The fourth-order valence-electron chi connectivity index (χ4n) is 11.8. The van der Waals surface area contributed by atoms with Crippen LogP contribution in [0, 0.1) is 0 Å². The first-order valence-corrected chi connectivity index (χ1v) is 28.1. The summed E-state index contributed by atoms with van der Waals surface area (Å²) in [6, 6.07) is 0. The molecule has 0 bridgehead atoms. The summed E-state index contributed by atoms with van der Waals surface area (Å²) in [4.78, 5) is 0. The smallest absolute Gasteiger partial charge is 0 e. The van der Waals surface area contributed by atoms with Crippen molar-refractivity contribution in [2.75, 3.05) is 0 Å². The van der Waals surface area contributed by atoms with Gasteiger partial charge in [-0.15, -0.1) is 0 Å². The van der Waals surface area contributed by atoms with Gasteiger partial charge >= 0.3 is 0 Å². The van der Waals surface area contributed by atoms with Crippen molar-refractivity contribution in [2.45, 2.75) is 278 Å². The van der Waals surface area contributed by atoms with Gasteiger partial charge in [-0.3, -0.25) is 0 Å². The molecule has 0 aromatic heterocycles. The maximum Gasteiger partial charge on any atom is 0 e. The van der Waals surface area contributed by atoms with Gasteiger partial charge in [0.05, 0.1) is 0 Å². The van der Waals surface area contributed by atoms with Gasteiger partial charge in [-0.25, -0.2) is 0 Å². The minimum absolute atomic E-state index is 0. The molecule has 0 N–H and O–H groups in total. The minimum Gasteiger partial charge on any atom is -0.0971 e. The number of hydrogen-bond donors (Lipinski definition) is 0. The van der Waals surface area contributed by atoms with E-state index >= 15 is 0 Å². The van der Waals surface area contributed by atoms with E-state index in [4.69, 9.17) is 0 Å². The predicted molar refractivity (Wildman–Crippen MR) is 249 cm³/mol. The molecule has 6 saturated carbocycles. The summed E-state index contributed by atoms with van der Waals surface area (Å²) in [6.07, 6.45) is 75.2.